The van der Waals surface area contributed by atoms with E-state index >= 15 is 0 Å². The minimum absolute atomic E-state index is 0.155. The van der Waals surface area contributed by atoms with Crippen molar-refractivity contribution < 1.29 is 18.7 Å². The molecular weight excluding hydrogens is 305 g/mol. The Kier molecular flexibility index (Phi) is 5.63. The zero-order valence-electron chi connectivity index (χ0n) is 12.7. The number of halogens is 1. The molecule has 2 atom stereocenters. The lowest BCUT2D eigenvalue weighted by molar-refractivity contribution is 0.0329. The molecule has 6 heteroatoms. The first-order valence-corrected chi connectivity index (χ1v) is 7.92. The van der Waals surface area contributed by atoms with Crippen LogP contribution in [0.2, 0.25) is 0 Å². The molecule has 0 aliphatic rings. The van der Waals surface area contributed by atoms with Crippen LogP contribution >= 0.6 is 11.3 Å². The van der Waals surface area contributed by atoms with E-state index in [1.807, 2.05) is 13.8 Å². The number of rotatable bonds is 6. The van der Waals surface area contributed by atoms with E-state index in [4.69, 9.17) is 9.47 Å². The largest absolute Gasteiger partial charge is 0.453 e. The fraction of sp³-hybridized carbons (Fsp3) is 0.375. The van der Waals surface area contributed by atoms with Gasteiger partial charge in [-0.15, -0.1) is 11.3 Å². The third-order valence-electron chi connectivity index (χ3n) is 3.10. The number of carbonyl (C=O) groups is 1. The molecule has 4 nitrogen and oxygen atoms in total. The predicted octanol–water partition coefficient (Wildman–Crippen LogP) is 4.30. The summed E-state index contributed by atoms with van der Waals surface area (Å²) < 4.78 is 24.0. The van der Waals surface area contributed by atoms with Crippen LogP contribution < -0.4 is 0 Å². The minimum Gasteiger partial charge on any atom is -0.453 e. The predicted molar refractivity (Wildman–Crippen MR) is 82.4 cm³/mol. The summed E-state index contributed by atoms with van der Waals surface area (Å²) in [5.41, 5.74) is 0.848. The van der Waals surface area contributed by atoms with Crippen LogP contribution in [0, 0.1) is 5.82 Å². The lowest BCUT2D eigenvalue weighted by atomic mass is 10.1. The molecule has 2 aromatic rings. The zero-order valence-corrected chi connectivity index (χ0v) is 13.5. The monoisotopic (exact) mass is 323 g/mol. The molecule has 0 aliphatic carbocycles. The molecule has 0 spiro atoms. The fourth-order valence-corrected chi connectivity index (χ4v) is 2.73. The summed E-state index contributed by atoms with van der Waals surface area (Å²) in [6, 6.07) is 5.99. The van der Waals surface area contributed by atoms with E-state index < -0.39 is 12.1 Å². The molecule has 0 fully saturated rings. The van der Waals surface area contributed by atoms with Crippen molar-refractivity contribution in [1.82, 2.24) is 4.98 Å². The van der Waals surface area contributed by atoms with Gasteiger partial charge in [-0.25, -0.2) is 14.2 Å². The van der Waals surface area contributed by atoms with Gasteiger partial charge >= 0.3 is 5.97 Å². The summed E-state index contributed by atoms with van der Waals surface area (Å²) >= 11 is 1.35. The van der Waals surface area contributed by atoms with E-state index in [0.29, 0.717) is 12.2 Å². The van der Waals surface area contributed by atoms with Gasteiger partial charge in [0.15, 0.2) is 5.69 Å². The molecule has 118 valence electrons. The smallest absolute Gasteiger partial charge is 0.358 e. The number of carbonyl (C=O) groups excluding carboxylic acids is 1. The van der Waals surface area contributed by atoms with E-state index in [1.165, 1.54) is 23.5 Å². The molecule has 1 aromatic carbocycles. The third kappa shape index (κ3) is 4.11. The summed E-state index contributed by atoms with van der Waals surface area (Å²) in [6.07, 6.45) is -0.699. The number of benzene rings is 1. The normalized spacial score (nSPS) is 13.6. The molecule has 0 N–H and O–H groups in total. The lowest BCUT2D eigenvalue weighted by Crippen LogP contribution is -2.10. The topological polar surface area (TPSA) is 48.4 Å². The van der Waals surface area contributed by atoms with Crippen molar-refractivity contribution in [3.8, 4) is 0 Å². The highest BCUT2D eigenvalue weighted by Gasteiger charge is 2.19. The number of ether oxygens (including phenoxy) is 2. The summed E-state index contributed by atoms with van der Waals surface area (Å²) in [5, 5.41) is 2.37. The van der Waals surface area contributed by atoms with Crippen LogP contribution in [0.3, 0.4) is 0 Å². The molecule has 1 heterocycles. The second kappa shape index (κ2) is 7.47. The Morgan fingerprint density at radius 3 is 2.82 bits per heavy atom. The SMILES string of the molecule is CCO[C@@H](C)c1nc(C(=O)O[C@@H](C)c2cccc(F)c2)cs1. The van der Waals surface area contributed by atoms with Gasteiger partial charge < -0.3 is 9.47 Å². The zero-order chi connectivity index (χ0) is 16.1. The Morgan fingerprint density at radius 1 is 1.36 bits per heavy atom. The van der Waals surface area contributed by atoms with Gasteiger partial charge in [0.05, 0.1) is 0 Å². The van der Waals surface area contributed by atoms with Gasteiger partial charge in [0.1, 0.15) is 23.0 Å². The quantitative estimate of drug-likeness (QED) is 0.744. The highest BCUT2D eigenvalue weighted by atomic mass is 32.1. The molecule has 22 heavy (non-hydrogen) atoms. The van der Waals surface area contributed by atoms with Crippen LogP contribution in [0.4, 0.5) is 4.39 Å². The summed E-state index contributed by atoms with van der Waals surface area (Å²) in [5.74, 6) is -0.884. The highest BCUT2D eigenvalue weighted by Crippen LogP contribution is 2.23. The number of esters is 1. The van der Waals surface area contributed by atoms with Crippen molar-refractivity contribution in [2.45, 2.75) is 33.0 Å². The Morgan fingerprint density at radius 2 is 2.14 bits per heavy atom. The molecule has 0 amide bonds. The van der Waals surface area contributed by atoms with Gasteiger partial charge in [-0.1, -0.05) is 12.1 Å². The molecule has 0 radical (unpaired) electrons. The second-order valence-electron chi connectivity index (χ2n) is 4.77. The maximum Gasteiger partial charge on any atom is 0.358 e. The average molecular weight is 323 g/mol. The average Bonchev–Trinajstić information content (AvgIpc) is 2.97. The van der Waals surface area contributed by atoms with E-state index in [1.54, 1.807) is 24.4 Å². The first-order valence-electron chi connectivity index (χ1n) is 7.04. The fourth-order valence-electron chi connectivity index (χ4n) is 1.94. The molecule has 0 saturated carbocycles. The van der Waals surface area contributed by atoms with Gasteiger partial charge in [0.25, 0.3) is 0 Å². The molecule has 1 aromatic heterocycles. The number of thiazole rings is 1. The maximum atomic E-state index is 13.2. The molecule has 0 aliphatic heterocycles. The van der Waals surface area contributed by atoms with Crippen molar-refractivity contribution in [1.29, 1.82) is 0 Å². The highest BCUT2D eigenvalue weighted by molar-refractivity contribution is 7.09. The first-order chi connectivity index (χ1) is 10.5. The van der Waals surface area contributed by atoms with E-state index in [2.05, 4.69) is 4.98 Å². The molecular formula is C16H18FNO3S. The van der Waals surface area contributed by atoms with E-state index in [-0.39, 0.29) is 17.6 Å². The summed E-state index contributed by atoms with van der Waals surface area (Å²) in [4.78, 5) is 16.3. The van der Waals surface area contributed by atoms with E-state index in [9.17, 15) is 9.18 Å². The van der Waals surface area contributed by atoms with Crippen LogP contribution in [-0.2, 0) is 9.47 Å². The second-order valence-corrected chi connectivity index (χ2v) is 5.66. The van der Waals surface area contributed by atoms with E-state index in [0.717, 1.165) is 5.01 Å². The Labute approximate surface area is 132 Å². The summed E-state index contributed by atoms with van der Waals surface area (Å²) in [6.45, 7) is 6.06. The van der Waals surface area contributed by atoms with Gasteiger partial charge in [-0.3, -0.25) is 0 Å². The Bertz CT molecular complexity index is 644. The maximum absolute atomic E-state index is 13.2. The van der Waals surface area contributed by atoms with Crippen LogP contribution in [0.1, 0.15) is 54.0 Å². The van der Waals surface area contributed by atoms with Crippen molar-refractivity contribution in [2.75, 3.05) is 6.61 Å². The van der Waals surface area contributed by atoms with Crippen LogP contribution in [0.25, 0.3) is 0 Å². The molecule has 0 saturated heterocycles. The van der Waals surface area contributed by atoms with Crippen LogP contribution in [0.5, 0.6) is 0 Å². The number of aromatic nitrogens is 1. The van der Waals surface area contributed by atoms with Crippen molar-refractivity contribution in [3.05, 3.63) is 51.7 Å². The van der Waals surface area contributed by atoms with Gasteiger partial charge in [0.2, 0.25) is 0 Å². The molecule has 2 rings (SSSR count). The standard InChI is InChI=1S/C16H18FNO3S/c1-4-20-11(3)15-18-14(9-22-15)16(19)21-10(2)12-6-5-7-13(17)8-12/h5-11H,4H2,1-3H3/t10-,11-/m0/s1. The molecule has 0 unspecified atom stereocenters. The van der Waals surface area contributed by atoms with Crippen LogP contribution in [-0.4, -0.2) is 17.6 Å². The minimum atomic E-state index is -0.544. The Balaban J connectivity index is 2.03. The number of hydrogen-bond donors (Lipinski definition) is 0. The number of hydrogen-bond acceptors (Lipinski definition) is 5. The third-order valence-corrected chi connectivity index (χ3v) is 4.10. The first kappa shape index (κ1) is 16.6. The van der Waals surface area contributed by atoms with Crippen molar-refractivity contribution >= 4 is 17.3 Å². The summed E-state index contributed by atoms with van der Waals surface area (Å²) in [7, 11) is 0. The van der Waals surface area contributed by atoms with Gasteiger partial charge in [-0.05, 0) is 38.5 Å². The van der Waals surface area contributed by atoms with Gasteiger partial charge in [-0.2, -0.15) is 0 Å². The number of nitrogens with zero attached hydrogens (tertiary/aromatic N) is 1. The van der Waals surface area contributed by atoms with Crippen LogP contribution in [0.15, 0.2) is 29.6 Å². The van der Waals surface area contributed by atoms with Gasteiger partial charge in [0, 0.05) is 12.0 Å². The van der Waals surface area contributed by atoms with Crippen molar-refractivity contribution in [2.24, 2.45) is 0 Å². The van der Waals surface area contributed by atoms with Crippen molar-refractivity contribution in [3.63, 3.8) is 0 Å². The Hall–Kier alpha value is -1.79. The molecule has 0 bridgehead atoms. The lowest BCUT2D eigenvalue weighted by Gasteiger charge is -2.12.